The first-order chi connectivity index (χ1) is 8.02. The van der Waals surface area contributed by atoms with Crippen LogP contribution in [0.5, 0.6) is 0 Å². The summed E-state index contributed by atoms with van der Waals surface area (Å²) in [6.07, 6.45) is 3.89. The number of aliphatic hydroxyl groups excluding tert-OH is 1. The average Bonchev–Trinajstić information content (AvgIpc) is 2.73. The van der Waals surface area contributed by atoms with Gasteiger partial charge < -0.3 is 15.0 Å². The van der Waals surface area contributed by atoms with Gasteiger partial charge in [-0.3, -0.25) is 4.79 Å². The molecule has 17 heavy (non-hydrogen) atoms. The maximum Gasteiger partial charge on any atom is 0.239 e. The van der Waals surface area contributed by atoms with Gasteiger partial charge in [-0.05, 0) is 24.0 Å². The maximum atomic E-state index is 11.6. The van der Waals surface area contributed by atoms with Gasteiger partial charge in [0.1, 0.15) is 6.54 Å². The monoisotopic (exact) mass is 238 g/mol. The lowest BCUT2D eigenvalue weighted by Gasteiger charge is -2.08. The van der Waals surface area contributed by atoms with Gasteiger partial charge in [-0.1, -0.05) is 20.8 Å². The fourth-order valence-corrected chi connectivity index (χ4v) is 1.53. The zero-order valence-electron chi connectivity index (χ0n) is 10.8. The molecule has 0 spiro atoms. The summed E-state index contributed by atoms with van der Waals surface area (Å²) in [4.78, 5) is 11.6. The van der Waals surface area contributed by atoms with Crippen molar-refractivity contribution in [3.63, 3.8) is 0 Å². The van der Waals surface area contributed by atoms with E-state index >= 15 is 0 Å². The van der Waals surface area contributed by atoms with Crippen molar-refractivity contribution in [3.8, 4) is 0 Å². The zero-order chi connectivity index (χ0) is 12.8. The molecule has 0 fully saturated rings. The summed E-state index contributed by atoms with van der Waals surface area (Å²) < 4.78 is 1.80. The van der Waals surface area contributed by atoms with Crippen molar-refractivity contribution < 1.29 is 9.90 Å². The molecule has 0 aliphatic rings. The molecular formula is C13H22N2O2. The van der Waals surface area contributed by atoms with Gasteiger partial charge in [-0.2, -0.15) is 0 Å². The lowest BCUT2D eigenvalue weighted by molar-refractivity contribution is -0.121. The molecule has 1 amide bonds. The molecule has 96 valence electrons. The molecule has 1 aromatic rings. The average molecular weight is 238 g/mol. The summed E-state index contributed by atoms with van der Waals surface area (Å²) in [5.74, 6) is 0.466. The maximum absolute atomic E-state index is 11.6. The predicted molar refractivity (Wildman–Crippen MR) is 67.5 cm³/mol. The largest absolute Gasteiger partial charge is 0.388 e. The SMILES string of the molecule is CCC(O)c1ccn(CC(=O)NCC(C)C)c1. The van der Waals surface area contributed by atoms with Crippen LogP contribution in [0.4, 0.5) is 0 Å². The fourth-order valence-electron chi connectivity index (χ4n) is 1.53. The molecule has 1 atom stereocenters. The number of aromatic nitrogens is 1. The first-order valence-corrected chi connectivity index (χ1v) is 6.13. The Labute approximate surface area is 103 Å². The van der Waals surface area contributed by atoms with Crippen LogP contribution in [0.1, 0.15) is 38.9 Å². The summed E-state index contributed by atoms with van der Waals surface area (Å²) in [6, 6.07) is 1.85. The van der Waals surface area contributed by atoms with E-state index in [9.17, 15) is 9.90 Å². The van der Waals surface area contributed by atoms with Crippen LogP contribution in [-0.4, -0.2) is 22.1 Å². The van der Waals surface area contributed by atoms with Gasteiger partial charge in [0.05, 0.1) is 6.10 Å². The van der Waals surface area contributed by atoms with E-state index in [1.807, 2.05) is 25.4 Å². The van der Waals surface area contributed by atoms with E-state index in [2.05, 4.69) is 19.2 Å². The number of rotatable bonds is 6. The van der Waals surface area contributed by atoms with E-state index in [1.54, 1.807) is 4.57 Å². The van der Waals surface area contributed by atoms with E-state index in [4.69, 9.17) is 0 Å². The van der Waals surface area contributed by atoms with Crippen LogP contribution in [0.3, 0.4) is 0 Å². The second-order valence-corrected chi connectivity index (χ2v) is 4.74. The van der Waals surface area contributed by atoms with E-state index in [1.165, 1.54) is 0 Å². The third kappa shape index (κ3) is 4.61. The van der Waals surface area contributed by atoms with Gasteiger partial charge >= 0.3 is 0 Å². The summed E-state index contributed by atoms with van der Waals surface area (Å²) in [5, 5.41) is 12.5. The summed E-state index contributed by atoms with van der Waals surface area (Å²) in [5.41, 5.74) is 0.865. The Morgan fingerprint density at radius 2 is 2.24 bits per heavy atom. The van der Waals surface area contributed by atoms with Crippen molar-refractivity contribution in [3.05, 3.63) is 24.0 Å². The Balaban J connectivity index is 2.46. The van der Waals surface area contributed by atoms with Gasteiger partial charge in [0.15, 0.2) is 0 Å². The molecule has 0 aliphatic heterocycles. The molecular weight excluding hydrogens is 216 g/mol. The number of nitrogens with one attached hydrogen (secondary N) is 1. The minimum atomic E-state index is -0.435. The van der Waals surface area contributed by atoms with E-state index in [-0.39, 0.29) is 5.91 Å². The molecule has 1 rings (SSSR count). The number of hydrogen-bond acceptors (Lipinski definition) is 2. The molecule has 4 nitrogen and oxygen atoms in total. The van der Waals surface area contributed by atoms with Crippen LogP contribution in [-0.2, 0) is 11.3 Å². The molecule has 1 unspecified atom stereocenters. The highest BCUT2D eigenvalue weighted by Crippen LogP contribution is 2.15. The van der Waals surface area contributed by atoms with E-state index < -0.39 is 6.10 Å². The standard InChI is InChI=1S/C13H22N2O2/c1-4-12(16)11-5-6-15(8-11)9-13(17)14-7-10(2)3/h5-6,8,10,12,16H,4,7,9H2,1-3H3,(H,14,17). The van der Waals surface area contributed by atoms with Crippen LogP contribution >= 0.6 is 0 Å². The summed E-state index contributed by atoms with van der Waals surface area (Å²) >= 11 is 0. The number of hydrogen-bond donors (Lipinski definition) is 2. The number of carbonyl (C=O) groups excluding carboxylic acids is 1. The Hall–Kier alpha value is -1.29. The lowest BCUT2D eigenvalue weighted by Crippen LogP contribution is -2.30. The molecule has 1 heterocycles. The Kier molecular flexibility index (Phi) is 5.22. The highest BCUT2D eigenvalue weighted by atomic mass is 16.3. The van der Waals surface area contributed by atoms with Crippen LogP contribution in [0.2, 0.25) is 0 Å². The molecule has 0 saturated heterocycles. The molecule has 0 saturated carbocycles. The normalized spacial score (nSPS) is 12.8. The van der Waals surface area contributed by atoms with Crippen LogP contribution < -0.4 is 5.32 Å². The van der Waals surface area contributed by atoms with Crippen LogP contribution in [0.15, 0.2) is 18.5 Å². The zero-order valence-corrected chi connectivity index (χ0v) is 10.8. The van der Waals surface area contributed by atoms with Gasteiger partial charge in [-0.15, -0.1) is 0 Å². The molecule has 0 radical (unpaired) electrons. The number of aliphatic hydroxyl groups is 1. The van der Waals surface area contributed by atoms with Gasteiger partial charge in [0.25, 0.3) is 0 Å². The highest BCUT2D eigenvalue weighted by Gasteiger charge is 2.08. The smallest absolute Gasteiger partial charge is 0.239 e. The molecule has 0 aromatic carbocycles. The van der Waals surface area contributed by atoms with Crippen molar-refractivity contribution in [2.24, 2.45) is 5.92 Å². The van der Waals surface area contributed by atoms with E-state index in [0.717, 1.165) is 5.56 Å². The molecule has 1 aromatic heterocycles. The Morgan fingerprint density at radius 3 is 2.82 bits per heavy atom. The van der Waals surface area contributed by atoms with Crippen LogP contribution in [0, 0.1) is 5.92 Å². The molecule has 0 aliphatic carbocycles. The molecule has 2 N–H and O–H groups in total. The third-order valence-electron chi connectivity index (χ3n) is 2.58. The number of amides is 1. The quantitative estimate of drug-likeness (QED) is 0.792. The van der Waals surface area contributed by atoms with Gasteiger partial charge in [-0.25, -0.2) is 0 Å². The highest BCUT2D eigenvalue weighted by molar-refractivity contribution is 5.75. The van der Waals surface area contributed by atoms with Gasteiger partial charge in [0.2, 0.25) is 5.91 Å². The van der Waals surface area contributed by atoms with Crippen molar-refractivity contribution >= 4 is 5.91 Å². The Bertz CT molecular complexity index is 358. The number of nitrogens with zero attached hydrogens (tertiary/aromatic N) is 1. The summed E-state index contributed by atoms with van der Waals surface area (Å²) in [6.45, 7) is 7.06. The second-order valence-electron chi connectivity index (χ2n) is 4.74. The minimum Gasteiger partial charge on any atom is -0.388 e. The van der Waals surface area contributed by atoms with Crippen molar-refractivity contribution in [2.45, 2.75) is 39.8 Å². The first kappa shape index (κ1) is 13.8. The predicted octanol–water partition coefficient (Wildman–Crippen LogP) is 1.70. The third-order valence-corrected chi connectivity index (χ3v) is 2.58. The first-order valence-electron chi connectivity index (χ1n) is 6.13. The fraction of sp³-hybridized carbons (Fsp3) is 0.615. The van der Waals surface area contributed by atoms with Crippen LogP contribution in [0.25, 0.3) is 0 Å². The second kappa shape index (κ2) is 6.45. The molecule has 0 bridgehead atoms. The lowest BCUT2D eigenvalue weighted by atomic mass is 10.1. The Morgan fingerprint density at radius 1 is 1.53 bits per heavy atom. The van der Waals surface area contributed by atoms with Crippen molar-refractivity contribution in [2.75, 3.05) is 6.54 Å². The van der Waals surface area contributed by atoms with Gasteiger partial charge in [0, 0.05) is 18.9 Å². The number of carbonyl (C=O) groups is 1. The van der Waals surface area contributed by atoms with E-state index in [0.29, 0.717) is 25.4 Å². The minimum absolute atomic E-state index is 0.00633. The topological polar surface area (TPSA) is 54.3 Å². The van der Waals surface area contributed by atoms with Crippen molar-refractivity contribution in [1.82, 2.24) is 9.88 Å². The summed E-state index contributed by atoms with van der Waals surface area (Å²) in [7, 11) is 0. The molecule has 4 heteroatoms. The van der Waals surface area contributed by atoms with Crippen molar-refractivity contribution in [1.29, 1.82) is 0 Å².